The van der Waals surface area contributed by atoms with Crippen molar-refractivity contribution in [2.75, 3.05) is 6.54 Å². The fourth-order valence-corrected chi connectivity index (χ4v) is 5.14. The molecule has 41 heavy (non-hydrogen) atoms. The summed E-state index contributed by atoms with van der Waals surface area (Å²) in [5.74, 6) is 0.358. The Morgan fingerprint density at radius 2 is 1.51 bits per heavy atom. The minimum absolute atomic E-state index is 0.305. The fraction of sp³-hybridized carbons (Fsp3) is 0.452. The van der Waals surface area contributed by atoms with Crippen LogP contribution < -0.4 is 5.46 Å². The molecule has 1 N–H and O–H groups in total. The predicted molar refractivity (Wildman–Crippen MR) is 163 cm³/mol. The first-order valence-electron chi connectivity index (χ1n) is 14.4. The lowest BCUT2D eigenvalue weighted by molar-refractivity contribution is 0.00578. The monoisotopic (exact) mass is 557 g/mol. The van der Waals surface area contributed by atoms with E-state index in [1.165, 1.54) is 4.90 Å². The number of aryl methyl sites for hydroxylation is 2. The van der Waals surface area contributed by atoms with E-state index >= 15 is 0 Å². The molecule has 0 aliphatic carbocycles. The summed E-state index contributed by atoms with van der Waals surface area (Å²) in [4.78, 5) is 12.9. The molecule has 1 amide bonds. The van der Waals surface area contributed by atoms with Crippen LogP contribution >= 0.6 is 0 Å². The number of benzene rings is 2. The van der Waals surface area contributed by atoms with Crippen LogP contribution in [0.5, 0.6) is 0 Å². The van der Waals surface area contributed by atoms with Gasteiger partial charge in [0.25, 0.3) is 0 Å². The first-order valence-corrected chi connectivity index (χ1v) is 14.4. The molecule has 2 aromatic heterocycles. The topological polar surface area (TPSA) is 94.6 Å². The van der Waals surface area contributed by atoms with Gasteiger partial charge >= 0.3 is 13.2 Å². The van der Waals surface area contributed by atoms with Crippen LogP contribution in [0.3, 0.4) is 0 Å². The Morgan fingerprint density at radius 1 is 0.951 bits per heavy atom. The zero-order chi connectivity index (χ0) is 29.5. The Bertz CT molecular complexity index is 1590. The number of amides is 1. The highest BCUT2D eigenvalue weighted by Crippen LogP contribution is 2.36. The van der Waals surface area contributed by atoms with E-state index in [9.17, 15) is 9.90 Å². The van der Waals surface area contributed by atoms with E-state index < -0.39 is 6.09 Å². The normalized spacial score (nSPS) is 19.8. The van der Waals surface area contributed by atoms with Crippen LogP contribution in [0.15, 0.2) is 54.9 Å². The quantitative estimate of drug-likeness (QED) is 0.320. The highest BCUT2D eigenvalue weighted by molar-refractivity contribution is 6.62. The van der Waals surface area contributed by atoms with Crippen molar-refractivity contribution in [2.45, 2.75) is 79.2 Å². The maximum Gasteiger partial charge on any atom is 0.494 e. The lowest BCUT2D eigenvalue weighted by Crippen LogP contribution is -2.41. The summed E-state index contributed by atoms with van der Waals surface area (Å²) in [6.45, 7) is 16.7. The van der Waals surface area contributed by atoms with Crippen LogP contribution in [0.25, 0.3) is 27.5 Å². The Labute approximate surface area is 241 Å². The number of carboxylic acid groups (broad SMARTS) is 1. The maximum atomic E-state index is 11.5. The fourth-order valence-electron chi connectivity index (χ4n) is 5.14. The zero-order valence-corrected chi connectivity index (χ0v) is 25.1. The van der Waals surface area contributed by atoms with E-state index in [4.69, 9.17) is 9.31 Å². The number of rotatable bonds is 4. The van der Waals surface area contributed by atoms with Crippen LogP contribution in [0.2, 0.25) is 0 Å². The van der Waals surface area contributed by atoms with E-state index in [2.05, 4.69) is 64.0 Å². The highest BCUT2D eigenvalue weighted by atomic mass is 16.7. The number of aromatic nitrogens is 4. The maximum absolute atomic E-state index is 11.5. The molecule has 4 heterocycles. The number of allylic oxidation sites excluding steroid dienone is 1. The molecule has 1 atom stereocenters. The van der Waals surface area contributed by atoms with Crippen LogP contribution in [0.4, 0.5) is 4.79 Å². The van der Waals surface area contributed by atoms with Crippen molar-refractivity contribution in [1.82, 2.24) is 24.5 Å². The third-order valence-electron chi connectivity index (χ3n) is 8.33. The summed E-state index contributed by atoms with van der Waals surface area (Å²) in [6, 6.07) is 12.1. The van der Waals surface area contributed by atoms with Gasteiger partial charge in [0.1, 0.15) is 0 Å². The van der Waals surface area contributed by atoms with Gasteiger partial charge in [-0.3, -0.25) is 14.3 Å². The van der Waals surface area contributed by atoms with E-state index in [1.54, 1.807) is 0 Å². The molecule has 1 unspecified atom stereocenters. The number of fused-ring (bicyclic) bond motifs is 2. The zero-order valence-electron chi connectivity index (χ0n) is 25.1. The van der Waals surface area contributed by atoms with Crippen molar-refractivity contribution < 1.29 is 19.2 Å². The van der Waals surface area contributed by atoms with Gasteiger partial charge in [0.15, 0.2) is 0 Å². The molecule has 1 fully saturated rings. The first-order chi connectivity index (χ1) is 19.4. The molecule has 0 radical (unpaired) electrons. The molecule has 4 aromatic rings. The van der Waals surface area contributed by atoms with Gasteiger partial charge in [0.05, 0.1) is 27.9 Å². The van der Waals surface area contributed by atoms with Crippen molar-refractivity contribution in [3.63, 3.8) is 0 Å². The summed E-state index contributed by atoms with van der Waals surface area (Å²) in [5.41, 5.74) is 4.10. The summed E-state index contributed by atoms with van der Waals surface area (Å²) in [6.07, 6.45) is 6.09. The number of hydrogen-bond donors (Lipinski definition) is 1. The Balaban J connectivity index is 0.000000165. The van der Waals surface area contributed by atoms with Gasteiger partial charge in [-0.15, -0.1) is 0 Å². The van der Waals surface area contributed by atoms with E-state index in [-0.39, 0.29) is 18.3 Å². The molecule has 0 bridgehead atoms. The Hall–Kier alpha value is -3.63. The van der Waals surface area contributed by atoms with E-state index in [0.29, 0.717) is 12.5 Å². The molecule has 0 spiro atoms. The second-order valence-electron chi connectivity index (χ2n) is 12.0. The van der Waals surface area contributed by atoms with Gasteiger partial charge in [0.2, 0.25) is 0 Å². The van der Waals surface area contributed by atoms with Gasteiger partial charge in [-0.2, -0.15) is 10.2 Å². The van der Waals surface area contributed by atoms with Crippen molar-refractivity contribution in [1.29, 1.82) is 0 Å². The second kappa shape index (κ2) is 11.0. The van der Waals surface area contributed by atoms with Gasteiger partial charge in [-0.25, -0.2) is 4.79 Å². The average molecular weight is 558 g/mol. The molecule has 2 aliphatic rings. The summed E-state index contributed by atoms with van der Waals surface area (Å²) < 4.78 is 16.0. The van der Waals surface area contributed by atoms with Crippen LogP contribution in [-0.4, -0.2) is 60.5 Å². The molecule has 9 nitrogen and oxygen atoms in total. The molecular formula is C31H40BN5O4. The van der Waals surface area contributed by atoms with Gasteiger partial charge in [-0.1, -0.05) is 31.2 Å². The number of nitrogens with zero attached hydrogens (tertiary/aromatic N) is 5. The number of carbonyl (C=O) groups is 1. The molecule has 2 aromatic carbocycles. The lowest BCUT2D eigenvalue weighted by Gasteiger charge is -2.32. The highest BCUT2D eigenvalue weighted by Gasteiger charge is 2.51. The SMILES string of the molecule is CCn1cc2cc(B3OC(C)(C)C(C)(C)O3)ccc2n1.CCn1cc2cc(C3=CCC(C)CN3C(=O)O)ccc2n1. The molecule has 216 valence electrons. The number of hydrogen-bond acceptors (Lipinski definition) is 5. The van der Waals surface area contributed by atoms with Gasteiger partial charge < -0.3 is 14.4 Å². The molecule has 10 heteroatoms. The average Bonchev–Trinajstić information content (AvgIpc) is 3.60. The Morgan fingerprint density at radius 3 is 2.07 bits per heavy atom. The Kier molecular flexibility index (Phi) is 7.74. The van der Waals surface area contributed by atoms with Crippen molar-refractivity contribution in [2.24, 2.45) is 5.92 Å². The summed E-state index contributed by atoms with van der Waals surface area (Å²) >= 11 is 0. The molecule has 6 rings (SSSR count). The van der Waals surface area contributed by atoms with E-state index in [1.807, 2.05) is 58.9 Å². The van der Waals surface area contributed by atoms with E-state index in [0.717, 1.165) is 58.0 Å². The predicted octanol–water partition coefficient (Wildman–Crippen LogP) is 5.77. The van der Waals surface area contributed by atoms with Crippen LogP contribution in [0, 0.1) is 5.92 Å². The summed E-state index contributed by atoms with van der Waals surface area (Å²) in [7, 11) is -0.311. The minimum Gasteiger partial charge on any atom is -0.465 e. The second-order valence-corrected chi connectivity index (χ2v) is 12.0. The van der Waals surface area contributed by atoms with Crippen molar-refractivity contribution in [3.05, 3.63) is 60.4 Å². The molecule has 2 aliphatic heterocycles. The molecule has 0 saturated carbocycles. The lowest BCUT2D eigenvalue weighted by atomic mass is 9.79. The minimum atomic E-state index is -0.892. The van der Waals surface area contributed by atoms with Crippen LogP contribution in [0.1, 0.15) is 60.5 Å². The standard InChI is InChI=1S/C16H19N3O2.C15H21BN2O2/c1-3-18-10-13-8-12(5-6-14(13)17-18)15-7-4-11(2)9-19(15)16(20)21;1-6-18-10-11-9-12(7-8-13(11)17-18)16-19-14(2,3)15(4,5)20-16/h5-8,10-11H,3-4,9H2,1-2H3,(H,20,21);7-10H,6H2,1-5H3. The van der Waals surface area contributed by atoms with Gasteiger partial charge in [0, 0.05) is 42.8 Å². The van der Waals surface area contributed by atoms with Crippen molar-refractivity contribution >= 4 is 46.2 Å². The summed E-state index contributed by atoms with van der Waals surface area (Å²) in [5, 5.41) is 20.5. The van der Waals surface area contributed by atoms with Gasteiger partial charge in [-0.05, 0) is 83.1 Å². The third kappa shape index (κ3) is 5.76. The van der Waals surface area contributed by atoms with Crippen LogP contribution in [-0.2, 0) is 22.4 Å². The molecular weight excluding hydrogens is 517 g/mol. The van der Waals surface area contributed by atoms with Crippen molar-refractivity contribution in [3.8, 4) is 0 Å². The third-order valence-corrected chi connectivity index (χ3v) is 8.33. The largest absolute Gasteiger partial charge is 0.494 e. The smallest absolute Gasteiger partial charge is 0.465 e. The molecule has 1 saturated heterocycles. The first kappa shape index (κ1) is 28.9.